The molecule has 1 aromatic carbocycles. The molecule has 12 heteroatoms. The van der Waals surface area contributed by atoms with Gasteiger partial charge in [0.25, 0.3) is 0 Å². The first kappa shape index (κ1) is 22.9. The summed E-state index contributed by atoms with van der Waals surface area (Å²) in [4.78, 5) is 37.7. The summed E-state index contributed by atoms with van der Waals surface area (Å²) in [6.45, 7) is 1.60. The van der Waals surface area contributed by atoms with Crippen molar-refractivity contribution in [2.24, 2.45) is 13.0 Å². The first-order valence-corrected chi connectivity index (χ1v) is 11.7. The Morgan fingerprint density at radius 2 is 1.97 bits per heavy atom. The Morgan fingerprint density at radius 1 is 1.29 bits per heavy atom. The minimum atomic E-state index is -4.00. The molecule has 10 nitrogen and oxygen atoms in total. The van der Waals surface area contributed by atoms with Crippen molar-refractivity contribution in [1.29, 1.82) is 0 Å². The summed E-state index contributed by atoms with van der Waals surface area (Å²) in [7, 11) is -2.61. The number of benzene rings is 1. The lowest BCUT2D eigenvalue weighted by molar-refractivity contribution is -0.116. The fourth-order valence-electron chi connectivity index (χ4n) is 3.06. The van der Waals surface area contributed by atoms with Crippen molar-refractivity contribution in [2.45, 2.75) is 31.2 Å². The van der Waals surface area contributed by atoms with Crippen LogP contribution in [0.3, 0.4) is 0 Å². The van der Waals surface area contributed by atoms with Gasteiger partial charge in [0.05, 0.1) is 24.3 Å². The molecule has 0 amide bonds. The number of Topliss-reactive ketones (excluding diaryl/α,β-unsaturated/α-hetero) is 2. The average molecular weight is 469 g/mol. The molecule has 1 aromatic heterocycles. The molecule has 1 aliphatic carbocycles. The van der Waals surface area contributed by atoms with Gasteiger partial charge < -0.3 is 4.74 Å². The van der Waals surface area contributed by atoms with Crippen molar-refractivity contribution in [3.8, 4) is 0 Å². The molecule has 0 saturated heterocycles. The molecule has 0 atom stereocenters. The lowest BCUT2D eigenvalue weighted by Gasteiger charge is -2.15. The fourth-order valence-corrected chi connectivity index (χ4v) is 4.51. The van der Waals surface area contributed by atoms with Crippen LogP contribution in [-0.2, 0) is 33.0 Å². The summed E-state index contributed by atoms with van der Waals surface area (Å²) < 4.78 is 32.5. The van der Waals surface area contributed by atoms with Gasteiger partial charge in [0.15, 0.2) is 15.6 Å². The standard InChI is InChI=1S/C19H21ClN4O6S/c1-4-30-10-14(16(25)11-5-6-11)17(26)12-7-8-15(20)13(18(12)31(3,28)29)9-24-19(27)23(2)21-22-24/h7-8,10-11H,4-6,9H2,1-3H3. The van der Waals surface area contributed by atoms with Crippen molar-refractivity contribution in [3.05, 3.63) is 50.6 Å². The number of allylic oxidation sites excluding steroid dienone is 1. The molecule has 0 aliphatic heterocycles. The normalized spacial score (nSPS) is 14.5. The third kappa shape index (κ3) is 4.77. The Morgan fingerprint density at radius 3 is 2.48 bits per heavy atom. The van der Waals surface area contributed by atoms with Crippen molar-refractivity contribution < 1.29 is 22.7 Å². The van der Waals surface area contributed by atoms with Gasteiger partial charge in [0, 0.05) is 35.4 Å². The number of ketones is 2. The second kappa shape index (κ2) is 8.75. The number of tetrazole rings is 1. The van der Waals surface area contributed by atoms with Gasteiger partial charge in [-0.25, -0.2) is 13.2 Å². The number of halogens is 1. The monoisotopic (exact) mass is 468 g/mol. The topological polar surface area (TPSA) is 130 Å². The quantitative estimate of drug-likeness (QED) is 0.176. The van der Waals surface area contributed by atoms with Crippen LogP contribution in [0.15, 0.2) is 33.7 Å². The fraction of sp³-hybridized carbons (Fsp3) is 0.421. The third-order valence-electron chi connectivity index (χ3n) is 4.73. The molecule has 0 spiro atoms. The highest BCUT2D eigenvalue weighted by Gasteiger charge is 2.37. The molecule has 0 bridgehead atoms. The predicted molar refractivity (Wildman–Crippen MR) is 111 cm³/mol. The number of carbonyl (C=O) groups excluding carboxylic acids is 2. The first-order valence-electron chi connectivity index (χ1n) is 9.45. The Balaban J connectivity index is 2.18. The molecule has 31 heavy (non-hydrogen) atoms. The number of rotatable bonds is 9. The number of ether oxygens (including phenoxy) is 1. The van der Waals surface area contributed by atoms with Gasteiger partial charge in [0.2, 0.25) is 5.78 Å². The number of hydrogen-bond acceptors (Lipinski definition) is 8. The molecule has 2 aromatic rings. The second-order valence-corrected chi connectivity index (χ2v) is 9.53. The van der Waals surface area contributed by atoms with E-state index < -0.39 is 21.3 Å². The van der Waals surface area contributed by atoms with Crippen LogP contribution in [0.5, 0.6) is 0 Å². The molecule has 3 rings (SSSR count). The van der Waals surface area contributed by atoms with Crippen molar-refractivity contribution in [1.82, 2.24) is 19.8 Å². The molecular weight excluding hydrogens is 448 g/mol. The predicted octanol–water partition coefficient (Wildman–Crippen LogP) is 1.16. The Kier molecular flexibility index (Phi) is 6.46. The van der Waals surface area contributed by atoms with Crippen molar-refractivity contribution in [2.75, 3.05) is 12.9 Å². The lowest BCUT2D eigenvalue weighted by atomic mass is 9.97. The van der Waals surface area contributed by atoms with Crippen LogP contribution < -0.4 is 5.69 Å². The highest BCUT2D eigenvalue weighted by Crippen LogP contribution is 2.35. The maximum atomic E-state index is 13.3. The highest BCUT2D eigenvalue weighted by molar-refractivity contribution is 7.90. The first-order chi connectivity index (χ1) is 14.6. The number of hydrogen-bond donors (Lipinski definition) is 0. The van der Waals surface area contributed by atoms with E-state index >= 15 is 0 Å². The van der Waals surface area contributed by atoms with Crippen molar-refractivity contribution in [3.63, 3.8) is 0 Å². The molecule has 1 saturated carbocycles. The summed E-state index contributed by atoms with van der Waals surface area (Å²) in [6.07, 6.45) is 3.33. The third-order valence-corrected chi connectivity index (χ3v) is 6.29. The number of aromatic nitrogens is 4. The number of sulfone groups is 1. The van der Waals surface area contributed by atoms with Crippen LogP contribution in [0.25, 0.3) is 0 Å². The number of carbonyl (C=O) groups is 2. The second-order valence-electron chi connectivity index (χ2n) is 7.17. The van der Waals surface area contributed by atoms with Crippen LogP contribution in [0, 0.1) is 5.92 Å². The number of aryl methyl sites for hydroxylation is 1. The maximum Gasteiger partial charge on any atom is 0.363 e. The van der Waals surface area contributed by atoms with E-state index in [0.29, 0.717) is 12.8 Å². The summed E-state index contributed by atoms with van der Waals surface area (Å²) >= 11 is 6.25. The minimum absolute atomic E-state index is 0.00671. The Labute approximate surface area is 183 Å². The van der Waals surface area contributed by atoms with E-state index in [-0.39, 0.29) is 51.5 Å². The smallest absolute Gasteiger partial charge is 0.363 e. The summed E-state index contributed by atoms with van der Waals surface area (Å²) in [5.74, 6) is -1.45. The SMILES string of the molecule is CCOC=C(C(=O)c1ccc(Cl)c(Cn2nnn(C)c2=O)c1S(C)(=O)=O)C(=O)C1CC1. The van der Waals surface area contributed by atoms with E-state index in [2.05, 4.69) is 10.4 Å². The summed E-state index contributed by atoms with van der Waals surface area (Å²) in [5.41, 5.74) is -1.03. The molecule has 0 N–H and O–H groups in total. The van der Waals surface area contributed by atoms with Gasteiger partial charge in [-0.2, -0.15) is 9.36 Å². The molecule has 166 valence electrons. The van der Waals surface area contributed by atoms with E-state index in [1.165, 1.54) is 19.2 Å². The maximum absolute atomic E-state index is 13.3. The number of nitrogens with zero attached hydrogens (tertiary/aromatic N) is 4. The average Bonchev–Trinajstić information content (AvgIpc) is 3.51. The zero-order valence-electron chi connectivity index (χ0n) is 17.2. The van der Waals surface area contributed by atoms with Gasteiger partial charge in [-0.15, -0.1) is 0 Å². The van der Waals surface area contributed by atoms with Crippen LogP contribution in [0.4, 0.5) is 0 Å². The zero-order valence-corrected chi connectivity index (χ0v) is 18.7. The van der Waals surface area contributed by atoms with Gasteiger partial charge >= 0.3 is 5.69 Å². The van der Waals surface area contributed by atoms with Crippen molar-refractivity contribution >= 4 is 33.0 Å². The van der Waals surface area contributed by atoms with Crippen LogP contribution in [-0.4, -0.2) is 52.6 Å². The minimum Gasteiger partial charge on any atom is -0.501 e. The van der Waals surface area contributed by atoms with E-state index in [4.69, 9.17) is 16.3 Å². The molecular formula is C19H21ClN4O6S. The van der Waals surface area contributed by atoms with E-state index in [1.807, 2.05) is 0 Å². The Hall–Kier alpha value is -2.79. The van der Waals surface area contributed by atoms with Gasteiger partial charge in [0.1, 0.15) is 5.57 Å². The van der Waals surface area contributed by atoms with E-state index in [1.54, 1.807) is 6.92 Å². The molecule has 1 heterocycles. The zero-order chi connectivity index (χ0) is 22.9. The summed E-state index contributed by atoms with van der Waals surface area (Å²) in [6, 6.07) is 2.60. The van der Waals surface area contributed by atoms with Gasteiger partial charge in [-0.3, -0.25) is 9.59 Å². The van der Waals surface area contributed by atoms with Gasteiger partial charge in [-0.05, 0) is 42.3 Å². The van der Waals surface area contributed by atoms with Crippen LogP contribution in [0.2, 0.25) is 5.02 Å². The van der Waals surface area contributed by atoms with Crippen LogP contribution in [0.1, 0.15) is 35.7 Å². The molecule has 0 unspecified atom stereocenters. The lowest BCUT2D eigenvalue weighted by Crippen LogP contribution is -2.25. The van der Waals surface area contributed by atoms with E-state index in [0.717, 1.165) is 21.9 Å². The molecule has 0 radical (unpaired) electrons. The summed E-state index contributed by atoms with van der Waals surface area (Å²) in [5, 5.41) is 7.29. The van der Waals surface area contributed by atoms with Gasteiger partial charge in [-0.1, -0.05) is 11.6 Å². The molecule has 1 fully saturated rings. The Bertz CT molecular complexity index is 1240. The van der Waals surface area contributed by atoms with Crippen LogP contribution >= 0.6 is 11.6 Å². The molecule has 1 aliphatic rings. The highest BCUT2D eigenvalue weighted by atomic mass is 35.5. The largest absolute Gasteiger partial charge is 0.501 e. The van der Waals surface area contributed by atoms with E-state index in [9.17, 15) is 22.8 Å².